The van der Waals surface area contributed by atoms with Crippen LogP contribution in [0.3, 0.4) is 0 Å². The molecule has 0 radical (unpaired) electrons. The van der Waals surface area contributed by atoms with E-state index >= 15 is 0 Å². The van der Waals surface area contributed by atoms with Crippen molar-refractivity contribution in [1.82, 2.24) is 5.48 Å². The van der Waals surface area contributed by atoms with Crippen molar-refractivity contribution in [2.24, 2.45) is 0 Å². The number of nitrogens with one attached hydrogen (secondary N) is 2. The van der Waals surface area contributed by atoms with Gasteiger partial charge < -0.3 is 54.3 Å². The van der Waals surface area contributed by atoms with Crippen LogP contribution in [0, 0.1) is 0 Å². The van der Waals surface area contributed by atoms with E-state index in [1.807, 2.05) is 18.3 Å². The van der Waals surface area contributed by atoms with Gasteiger partial charge in [0.2, 0.25) is 0 Å². The minimum Gasteiger partial charge on any atom is -0.394 e. The van der Waals surface area contributed by atoms with Gasteiger partial charge in [0.1, 0.15) is 48.8 Å². The predicted molar refractivity (Wildman–Crippen MR) is 131 cm³/mol. The van der Waals surface area contributed by atoms with Gasteiger partial charge in [0, 0.05) is 18.2 Å². The second kappa shape index (κ2) is 15.0. The molecule has 0 aliphatic carbocycles. The second-order valence-corrected chi connectivity index (χ2v) is 10.5. The lowest BCUT2D eigenvalue weighted by Crippen LogP contribution is -2.65. The number of hydrogen-bond acceptors (Lipinski definition) is 13. The summed E-state index contributed by atoms with van der Waals surface area (Å²) < 4.78 is 28.3. The van der Waals surface area contributed by atoms with E-state index in [0.717, 1.165) is 5.56 Å². The lowest BCUT2D eigenvalue weighted by atomic mass is 9.96. The standard InChI is InChI=1S/C25H42N2O12/c1-25(2,3)39-22-16(12-29)37-24(20(33)18(22)31)38-21-15(11-28)36-23(19(32)17(21)30)34-9-5-8-27-35-13-14-6-4-7-26-10-14/h4,6-7,10,15-24,27-33H,5,8-9,11-13H2,1-3H3/p+1/t15?,16?,17-,18-,19?,20?,21-,22-,23+,24-/m0/s1. The van der Waals surface area contributed by atoms with Crippen LogP contribution in [0.2, 0.25) is 0 Å². The van der Waals surface area contributed by atoms with Gasteiger partial charge in [-0.25, -0.2) is 10.5 Å². The average molecular weight is 564 g/mol. The number of hydroxylamine groups is 1. The third kappa shape index (κ3) is 9.06. The Morgan fingerprint density at radius 2 is 1.56 bits per heavy atom. The van der Waals surface area contributed by atoms with Crippen molar-refractivity contribution in [3.05, 3.63) is 30.1 Å². The zero-order chi connectivity index (χ0) is 28.6. The van der Waals surface area contributed by atoms with E-state index < -0.39 is 80.2 Å². The maximum Gasteiger partial charge on any atom is 0.187 e. The molecule has 3 rings (SSSR count). The van der Waals surface area contributed by atoms with Crippen LogP contribution in [-0.4, -0.2) is 124 Å². The molecule has 8 N–H and O–H groups in total. The summed E-state index contributed by atoms with van der Waals surface area (Å²) in [5, 5.41) is 62.3. The van der Waals surface area contributed by atoms with E-state index in [1.165, 1.54) is 0 Å². The summed E-state index contributed by atoms with van der Waals surface area (Å²) in [4.78, 5) is 8.32. The fourth-order valence-corrected chi connectivity index (χ4v) is 4.30. The van der Waals surface area contributed by atoms with E-state index in [4.69, 9.17) is 28.5 Å². The molecule has 0 saturated carbocycles. The highest BCUT2D eigenvalue weighted by molar-refractivity contribution is 5.02. The lowest BCUT2D eigenvalue weighted by Gasteiger charge is -2.47. The second-order valence-electron chi connectivity index (χ2n) is 10.5. The number of H-pyrrole nitrogens is 1. The van der Waals surface area contributed by atoms with Crippen LogP contribution in [0.1, 0.15) is 32.8 Å². The number of aliphatic hydroxyl groups is 6. The largest absolute Gasteiger partial charge is 0.394 e. The van der Waals surface area contributed by atoms with Crippen molar-refractivity contribution < 1.29 is 64.1 Å². The minimum absolute atomic E-state index is 0.150. The van der Waals surface area contributed by atoms with Crippen LogP contribution >= 0.6 is 0 Å². The fourth-order valence-electron chi connectivity index (χ4n) is 4.30. The molecule has 3 heterocycles. The molecular weight excluding hydrogens is 520 g/mol. The van der Waals surface area contributed by atoms with Crippen molar-refractivity contribution in [2.45, 2.75) is 101 Å². The summed E-state index contributed by atoms with van der Waals surface area (Å²) in [5.41, 5.74) is 3.07. The molecule has 2 fully saturated rings. The first-order valence-electron chi connectivity index (χ1n) is 13.0. The predicted octanol–water partition coefficient (Wildman–Crippen LogP) is -2.62. The van der Waals surface area contributed by atoms with Crippen LogP contribution in [0.15, 0.2) is 24.5 Å². The third-order valence-electron chi connectivity index (χ3n) is 6.24. The molecule has 1 aromatic rings. The van der Waals surface area contributed by atoms with Gasteiger partial charge in [-0.2, -0.15) is 0 Å². The van der Waals surface area contributed by atoms with Crippen molar-refractivity contribution in [3.8, 4) is 0 Å². The van der Waals surface area contributed by atoms with Gasteiger partial charge in [0.15, 0.2) is 25.0 Å². The molecule has 224 valence electrons. The number of aliphatic hydroxyl groups excluding tert-OH is 6. The van der Waals surface area contributed by atoms with Gasteiger partial charge in [-0.1, -0.05) is 0 Å². The highest BCUT2D eigenvalue weighted by Crippen LogP contribution is 2.31. The molecule has 10 atom stereocenters. The molecule has 1 aromatic heterocycles. The Kier molecular flexibility index (Phi) is 12.4. The Hall–Kier alpha value is -1.37. The molecular formula is C25H43N2O12+. The zero-order valence-corrected chi connectivity index (χ0v) is 22.5. The SMILES string of the molecule is CC(C)(C)O[C@H]1C(CO)O[C@@H](O[C@H]2C(CO)O[C@@H](OCCCNOCc3ccc[nH+]c3)C(O)[C@@H]2O)C(O)[C@@H]1O. The monoisotopic (exact) mass is 563 g/mol. The van der Waals surface area contributed by atoms with Crippen molar-refractivity contribution in [2.75, 3.05) is 26.4 Å². The van der Waals surface area contributed by atoms with Gasteiger partial charge in [-0.15, -0.1) is 0 Å². The molecule has 0 aromatic carbocycles. The van der Waals surface area contributed by atoms with E-state index in [-0.39, 0.29) is 6.61 Å². The summed E-state index contributed by atoms with van der Waals surface area (Å²) in [7, 11) is 0. The molecule has 0 amide bonds. The third-order valence-corrected chi connectivity index (χ3v) is 6.24. The Bertz CT molecular complexity index is 827. The summed E-state index contributed by atoms with van der Waals surface area (Å²) >= 11 is 0. The normalized spacial score (nSPS) is 35.7. The Labute approximate surface area is 227 Å². The molecule has 2 aliphatic rings. The number of aromatic nitrogens is 1. The van der Waals surface area contributed by atoms with Crippen LogP contribution in [0.4, 0.5) is 0 Å². The van der Waals surface area contributed by atoms with Gasteiger partial charge in [-0.3, -0.25) is 4.84 Å². The van der Waals surface area contributed by atoms with Crippen LogP contribution in [0.25, 0.3) is 0 Å². The van der Waals surface area contributed by atoms with Crippen molar-refractivity contribution >= 4 is 0 Å². The molecule has 4 unspecified atom stereocenters. The molecule has 2 saturated heterocycles. The van der Waals surface area contributed by atoms with Gasteiger partial charge in [0.05, 0.1) is 32.0 Å². The number of hydrogen-bond donors (Lipinski definition) is 7. The van der Waals surface area contributed by atoms with Crippen LogP contribution in [-0.2, 0) is 35.1 Å². The van der Waals surface area contributed by atoms with E-state index in [2.05, 4.69) is 10.5 Å². The summed E-state index contributed by atoms with van der Waals surface area (Å²) in [6.07, 6.45) is -9.50. The number of ether oxygens (including phenoxy) is 5. The van der Waals surface area contributed by atoms with Gasteiger partial charge in [0.25, 0.3) is 0 Å². The van der Waals surface area contributed by atoms with Crippen molar-refractivity contribution in [3.63, 3.8) is 0 Å². The maximum absolute atomic E-state index is 10.7. The average Bonchev–Trinajstić information content (AvgIpc) is 2.91. The number of rotatable bonds is 13. The number of pyridine rings is 1. The van der Waals surface area contributed by atoms with E-state index in [0.29, 0.717) is 19.6 Å². The van der Waals surface area contributed by atoms with Gasteiger partial charge >= 0.3 is 0 Å². The van der Waals surface area contributed by atoms with Crippen molar-refractivity contribution in [1.29, 1.82) is 0 Å². The van der Waals surface area contributed by atoms with E-state index in [1.54, 1.807) is 27.0 Å². The smallest absolute Gasteiger partial charge is 0.187 e. The molecule has 39 heavy (non-hydrogen) atoms. The molecule has 14 heteroatoms. The Balaban J connectivity index is 1.48. The minimum atomic E-state index is -1.62. The van der Waals surface area contributed by atoms with E-state index in [9.17, 15) is 30.6 Å². The van der Waals surface area contributed by atoms with Crippen LogP contribution < -0.4 is 10.5 Å². The lowest BCUT2D eigenvalue weighted by molar-refractivity contribution is -0.379. The molecule has 0 bridgehead atoms. The van der Waals surface area contributed by atoms with Crippen LogP contribution in [0.5, 0.6) is 0 Å². The first kappa shape index (κ1) is 32.1. The quantitative estimate of drug-likeness (QED) is 0.0971. The topological polar surface area (TPSA) is 203 Å². The Morgan fingerprint density at radius 3 is 2.21 bits per heavy atom. The summed E-state index contributed by atoms with van der Waals surface area (Å²) in [6.45, 7) is 5.07. The summed E-state index contributed by atoms with van der Waals surface area (Å²) in [6, 6.07) is 3.78. The highest BCUT2D eigenvalue weighted by Gasteiger charge is 2.51. The zero-order valence-electron chi connectivity index (χ0n) is 22.5. The maximum atomic E-state index is 10.7. The summed E-state index contributed by atoms with van der Waals surface area (Å²) in [5.74, 6) is 0. The first-order valence-corrected chi connectivity index (χ1v) is 13.0. The first-order chi connectivity index (χ1) is 18.6. The van der Waals surface area contributed by atoms with Gasteiger partial charge in [-0.05, 0) is 33.3 Å². The molecule has 2 aliphatic heterocycles. The highest BCUT2D eigenvalue weighted by atomic mass is 16.7. The molecule has 14 nitrogen and oxygen atoms in total. The number of aromatic amines is 1. The fraction of sp³-hybridized carbons (Fsp3) is 0.800. The Morgan fingerprint density at radius 1 is 0.923 bits per heavy atom. The molecule has 0 spiro atoms.